The van der Waals surface area contributed by atoms with Crippen LogP contribution in [0.2, 0.25) is 0 Å². The van der Waals surface area contributed by atoms with Crippen LogP contribution in [-0.2, 0) is 19.9 Å². The standard InChI is InChI=1S/C10H18F3NO4S2/c1-19(15,16)6-7-20(17,18)14-9-4-2-8(3-5-9)10(11,12)13/h8-9,14H,2-7H2,1H3. The molecule has 0 saturated heterocycles. The van der Waals surface area contributed by atoms with Crippen molar-refractivity contribution in [1.29, 1.82) is 0 Å². The summed E-state index contributed by atoms with van der Waals surface area (Å²) in [5, 5.41) is 0. The molecule has 0 aliphatic heterocycles. The van der Waals surface area contributed by atoms with Crippen molar-refractivity contribution in [1.82, 2.24) is 4.72 Å². The average Bonchev–Trinajstić information content (AvgIpc) is 2.25. The molecule has 5 nitrogen and oxygen atoms in total. The molecule has 1 saturated carbocycles. The van der Waals surface area contributed by atoms with Crippen LogP contribution in [0, 0.1) is 5.92 Å². The van der Waals surface area contributed by atoms with Gasteiger partial charge in [0.25, 0.3) is 0 Å². The highest BCUT2D eigenvalue weighted by molar-refractivity contribution is 7.93. The first-order chi connectivity index (χ1) is 8.89. The molecule has 0 atom stereocenters. The number of sulfone groups is 1. The Kier molecular flexibility index (Phi) is 5.47. The summed E-state index contributed by atoms with van der Waals surface area (Å²) in [7, 11) is -7.17. The van der Waals surface area contributed by atoms with Gasteiger partial charge in [-0.15, -0.1) is 0 Å². The highest BCUT2D eigenvalue weighted by atomic mass is 32.2. The molecule has 0 aromatic rings. The van der Waals surface area contributed by atoms with Crippen LogP contribution >= 0.6 is 0 Å². The first kappa shape index (κ1) is 17.7. The van der Waals surface area contributed by atoms with Crippen LogP contribution in [0.5, 0.6) is 0 Å². The Morgan fingerprint density at radius 3 is 1.90 bits per heavy atom. The molecule has 0 aromatic heterocycles. The molecule has 1 N–H and O–H groups in total. The normalized spacial score (nSPS) is 25.6. The summed E-state index contributed by atoms with van der Waals surface area (Å²) >= 11 is 0. The third kappa shape index (κ3) is 6.40. The van der Waals surface area contributed by atoms with E-state index in [1.807, 2.05) is 0 Å². The Balaban J connectivity index is 2.47. The summed E-state index contributed by atoms with van der Waals surface area (Å²) in [5.74, 6) is -2.44. The van der Waals surface area contributed by atoms with Crippen molar-refractivity contribution in [2.75, 3.05) is 17.8 Å². The molecule has 1 fully saturated rings. The zero-order chi connectivity index (χ0) is 15.6. The SMILES string of the molecule is CS(=O)(=O)CCS(=O)(=O)NC1CCC(C(F)(F)F)CC1. The van der Waals surface area contributed by atoms with E-state index in [0.717, 1.165) is 6.26 Å². The number of hydrogen-bond acceptors (Lipinski definition) is 4. The Morgan fingerprint density at radius 2 is 1.50 bits per heavy atom. The maximum Gasteiger partial charge on any atom is 0.391 e. The Labute approximate surface area is 116 Å². The highest BCUT2D eigenvalue weighted by Crippen LogP contribution is 2.37. The van der Waals surface area contributed by atoms with Gasteiger partial charge in [0.15, 0.2) is 0 Å². The second-order valence-corrected chi connectivity index (χ2v) is 9.29. The van der Waals surface area contributed by atoms with Crippen molar-refractivity contribution in [3.05, 3.63) is 0 Å². The summed E-state index contributed by atoms with van der Waals surface area (Å²) in [5.41, 5.74) is 0. The van der Waals surface area contributed by atoms with Crippen LogP contribution in [0.1, 0.15) is 25.7 Å². The number of nitrogens with one attached hydrogen (secondary N) is 1. The summed E-state index contributed by atoms with van der Waals surface area (Å²) in [6, 6.07) is -0.543. The lowest BCUT2D eigenvalue weighted by molar-refractivity contribution is -0.182. The van der Waals surface area contributed by atoms with E-state index >= 15 is 0 Å². The lowest BCUT2D eigenvalue weighted by atomic mass is 9.86. The topological polar surface area (TPSA) is 80.3 Å². The molecule has 0 amide bonds. The Bertz CT molecular complexity index is 519. The monoisotopic (exact) mass is 337 g/mol. The maximum atomic E-state index is 12.5. The average molecular weight is 337 g/mol. The molecule has 1 aliphatic rings. The van der Waals surface area contributed by atoms with E-state index in [9.17, 15) is 30.0 Å². The van der Waals surface area contributed by atoms with Gasteiger partial charge >= 0.3 is 6.18 Å². The molecule has 120 valence electrons. The van der Waals surface area contributed by atoms with E-state index in [0.29, 0.717) is 0 Å². The van der Waals surface area contributed by atoms with Gasteiger partial charge < -0.3 is 0 Å². The first-order valence-electron chi connectivity index (χ1n) is 6.13. The third-order valence-corrected chi connectivity index (χ3v) is 5.90. The fraction of sp³-hybridized carbons (Fsp3) is 1.00. The maximum absolute atomic E-state index is 12.5. The van der Waals surface area contributed by atoms with Gasteiger partial charge in [-0.1, -0.05) is 0 Å². The fourth-order valence-corrected chi connectivity index (χ4v) is 5.06. The van der Waals surface area contributed by atoms with Crippen molar-refractivity contribution in [3.8, 4) is 0 Å². The molecular weight excluding hydrogens is 319 g/mol. The van der Waals surface area contributed by atoms with Gasteiger partial charge in [-0.25, -0.2) is 21.6 Å². The van der Waals surface area contributed by atoms with E-state index in [4.69, 9.17) is 0 Å². The minimum Gasteiger partial charge on any atom is -0.229 e. The molecule has 0 aromatic carbocycles. The number of alkyl halides is 3. The van der Waals surface area contributed by atoms with E-state index in [2.05, 4.69) is 4.72 Å². The minimum absolute atomic E-state index is 0.108. The van der Waals surface area contributed by atoms with Gasteiger partial charge in [0, 0.05) is 12.3 Å². The van der Waals surface area contributed by atoms with Crippen LogP contribution in [-0.4, -0.2) is 46.8 Å². The van der Waals surface area contributed by atoms with Crippen LogP contribution < -0.4 is 4.72 Å². The van der Waals surface area contributed by atoms with Crippen molar-refractivity contribution in [2.45, 2.75) is 37.9 Å². The molecule has 1 rings (SSSR count). The molecular formula is C10H18F3NO4S2. The Hall–Kier alpha value is -0.350. The molecule has 0 spiro atoms. The summed E-state index contributed by atoms with van der Waals surface area (Å²) in [4.78, 5) is 0. The largest absolute Gasteiger partial charge is 0.391 e. The van der Waals surface area contributed by atoms with Gasteiger partial charge in [0.05, 0.1) is 17.4 Å². The first-order valence-corrected chi connectivity index (χ1v) is 9.85. The zero-order valence-corrected chi connectivity index (χ0v) is 12.6. The van der Waals surface area contributed by atoms with E-state index in [-0.39, 0.29) is 25.7 Å². The quantitative estimate of drug-likeness (QED) is 0.814. The Morgan fingerprint density at radius 1 is 1.00 bits per heavy atom. The lowest BCUT2D eigenvalue weighted by Crippen LogP contribution is -2.41. The van der Waals surface area contributed by atoms with Crippen molar-refractivity contribution in [2.24, 2.45) is 5.92 Å². The number of rotatable bonds is 5. The van der Waals surface area contributed by atoms with Crippen LogP contribution in [0.3, 0.4) is 0 Å². The highest BCUT2D eigenvalue weighted by Gasteiger charge is 2.41. The number of hydrogen-bond donors (Lipinski definition) is 1. The minimum atomic E-state index is -4.24. The second-order valence-electron chi connectivity index (χ2n) is 5.16. The predicted octanol–water partition coefficient (Wildman–Crippen LogP) is 1.07. The zero-order valence-electron chi connectivity index (χ0n) is 11.0. The van der Waals surface area contributed by atoms with Crippen molar-refractivity contribution >= 4 is 19.9 Å². The van der Waals surface area contributed by atoms with Gasteiger partial charge in [-0.3, -0.25) is 0 Å². The van der Waals surface area contributed by atoms with Gasteiger partial charge in [-0.05, 0) is 25.7 Å². The molecule has 0 unspecified atom stereocenters. The van der Waals surface area contributed by atoms with Crippen LogP contribution in [0.25, 0.3) is 0 Å². The van der Waals surface area contributed by atoms with Crippen LogP contribution in [0.4, 0.5) is 13.2 Å². The smallest absolute Gasteiger partial charge is 0.229 e. The number of sulfonamides is 1. The predicted molar refractivity (Wildman–Crippen MR) is 68.4 cm³/mol. The molecule has 0 radical (unpaired) electrons. The molecule has 10 heteroatoms. The summed E-state index contributed by atoms with van der Waals surface area (Å²) in [6.45, 7) is 0. The lowest BCUT2D eigenvalue weighted by Gasteiger charge is -2.30. The van der Waals surface area contributed by atoms with Crippen molar-refractivity contribution < 1.29 is 30.0 Å². The molecule has 20 heavy (non-hydrogen) atoms. The second kappa shape index (κ2) is 6.18. The van der Waals surface area contributed by atoms with Crippen molar-refractivity contribution in [3.63, 3.8) is 0 Å². The van der Waals surface area contributed by atoms with E-state index < -0.39 is 49.5 Å². The molecule has 1 aliphatic carbocycles. The van der Waals surface area contributed by atoms with Gasteiger partial charge in [0.2, 0.25) is 10.0 Å². The summed E-state index contributed by atoms with van der Waals surface area (Å²) < 4.78 is 84.7. The number of halogens is 3. The van der Waals surface area contributed by atoms with E-state index in [1.165, 1.54) is 0 Å². The molecule has 0 heterocycles. The van der Waals surface area contributed by atoms with Gasteiger partial charge in [-0.2, -0.15) is 13.2 Å². The summed E-state index contributed by atoms with van der Waals surface area (Å²) in [6.07, 6.45) is -3.30. The van der Waals surface area contributed by atoms with Crippen LogP contribution in [0.15, 0.2) is 0 Å². The fourth-order valence-electron chi connectivity index (χ4n) is 2.11. The van der Waals surface area contributed by atoms with E-state index in [1.54, 1.807) is 0 Å². The molecule has 0 bridgehead atoms. The van der Waals surface area contributed by atoms with Gasteiger partial charge in [0.1, 0.15) is 9.84 Å². The third-order valence-electron chi connectivity index (χ3n) is 3.26.